The van der Waals surface area contributed by atoms with Gasteiger partial charge in [-0.05, 0) is 33.1 Å². The van der Waals surface area contributed by atoms with Crippen LogP contribution in [0.2, 0.25) is 0 Å². The van der Waals surface area contributed by atoms with E-state index < -0.39 is 17.9 Å². The first-order chi connectivity index (χ1) is 8.82. The van der Waals surface area contributed by atoms with E-state index >= 15 is 0 Å². The molecule has 0 saturated carbocycles. The molecule has 0 fully saturated rings. The molecular weight excluding hydrogens is 248 g/mol. The second-order valence-electron chi connectivity index (χ2n) is 4.42. The number of carbonyl (C=O) groups is 2. The third kappa shape index (κ3) is 9.63. The number of nitrogens with zero attached hydrogens (tertiary/aromatic N) is 1. The van der Waals surface area contributed by atoms with Gasteiger partial charge in [-0.1, -0.05) is 5.57 Å². The van der Waals surface area contributed by atoms with Crippen molar-refractivity contribution in [3.05, 3.63) is 11.6 Å². The minimum absolute atomic E-state index is 0.0200. The van der Waals surface area contributed by atoms with E-state index in [2.05, 4.69) is 10.3 Å². The van der Waals surface area contributed by atoms with Crippen LogP contribution >= 0.6 is 0 Å². The number of rotatable bonds is 8. The van der Waals surface area contributed by atoms with E-state index in [1.165, 1.54) is 6.08 Å². The van der Waals surface area contributed by atoms with Crippen LogP contribution in [0.4, 0.5) is 0 Å². The average Bonchev–Trinajstić information content (AvgIpc) is 2.25. The van der Waals surface area contributed by atoms with Gasteiger partial charge in [0.15, 0.2) is 5.96 Å². The van der Waals surface area contributed by atoms with Gasteiger partial charge in [0.2, 0.25) is 5.91 Å². The van der Waals surface area contributed by atoms with Crippen molar-refractivity contribution >= 4 is 17.8 Å². The van der Waals surface area contributed by atoms with Gasteiger partial charge in [-0.2, -0.15) is 0 Å². The van der Waals surface area contributed by atoms with Crippen molar-refractivity contribution in [2.75, 3.05) is 6.54 Å². The molecule has 108 valence electrons. The van der Waals surface area contributed by atoms with E-state index in [9.17, 15) is 9.59 Å². The largest absolute Gasteiger partial charge is 0.480 e. The Morgan fingerprint density at radius 1 is 1.32 bits per heavy atom. The van der Waals surface area contributed by atoms with E-state index in [0.717, 1.165) is 5.57 Å². The van der Waals surface area contributed by atoms with Crippen LogP contribution in [-0.2, 0) is 9.59 Å². The summed E-state index contributed by atoms with van der Waals surface area (Å²) in [5, 5.41) is 11.4. The van der Waals surface area contributed by atoms with E-state index in [-0.39, 0.29) is 5.96 Å². The Bertz CT molecular complexity index is 369. The molecule has 0 spiro atoms. The molecule has 1 amide bonds. The van der Waals surface area contributed by atoms with Gasteiger partial charge < -0.3 is 21.9 Å². The van der Waals surface area contributed by atoms with Crippen molar-refractivity contribution < 1.29 is 14.7 Å². The third-order valence-corrected chi connectivity index (χ3v) is 2.23. The van der Waals surface area contributed by atoms with Crippen molar-refractivity contribution in [2.45, 2.75) is 39.2 Å². The lowest BCUT2D eigenvalue weighted by molar-refractivity contribution is -0.141. The molecule has 0 saturated heterocycles. The molecule has 0 aromatic heterocycles. The molecule has 6 N–H and O–H groups in total. The summed E-state index contributed by atoms with van der Waals surface area (Å²) in [6, 6.07) is -0.887. The maximum absolute atomic E-state index is 11.4. The number of allylic oxidation sites excluding steroid dienone is 1. The topological polar surface area (TPSA) is 131 Å². The first-order valence-corrected chi connectivity index (χ1v) is 6.06. The number of amides is 1. The standard InChI is InChI=1S/C12H22N4O3/c1-8(2)7-10(17)16-9(11(18)19)5-3-4-6-15-12(13)14/h7,9H,3-6H2,1-2H3,(H,16,17)(H,18,19)(H4,13,14,15). The summed E-state index contributed by atoms with van der Waals surface area (Å²) in [7, 11) is 0. The molecule has 0 bridgehead atoms. The van der Waals surface area contributed by atoms with Gasteiger partial charge in [-0.3, -0.25) is 9.79 Å². The first kappa shape index (κ1) is 16.9. The monoisotopic (exact) mass is 270 g/mol. The number of hydrogen-bond donors (Lipinski definition) is 4. The summed E-state index contributed by atoms with van der Waals surface area (Å²) in [6.45, 7) is 3.99. The fraction of sp³-hybridized carbons (Fsp3) is 0.583. The van der Waals surface area contributed by atoms with Crippen LogP contribution in [0.5, 0.6) is 0 Å². The molecule has 0 aliphatic carbocycles. The molecule has 7 nitrogen and oxygen atoms in total. The Labute approximate surface area is 112 Å². The molecule has 1 unspecified atom stereocenters. The number of aliphatic imine (C=N–C) groups is 1. The van der Waals surface area contributed by atoms with Gasteiger partial charge in [0.05, 0.1) is 0 Å². The first-order valence-electron chi connectivity index (χ1n) is 6.06. The third-order valence-electron chi connectivity index (χ3n) is 2.23. The Kier molecular flexibility index (Phi) is 7.99. The maximum atomic E-state index is 11.4. The highest BCUT2D eigenvalue weighted by atomic mass is 16.4. The quantitative estimate of drug-likeness (QED) is 0.213. The Morgan fingerprint density at radius 2 is 1.95 bits per heavy atom. The van der Waals surface area contributed by atoms with Gasteiger partial charge in [0.25, 0.3) is 0 Å². The van der Waals surface area contributed by atoms with Crippen molar-refractivity contribution in [3.8, 4) is 0 Å². The van der Waals surface area contributed by atoms with Crippen LogP contribution in [0, 0.1) is 0 Å². The molecular formula is C12H22N4O3. The summed E-state index contributed by atoms with van der Waals surface area (Å²) in [5.41, 5.74) is 11.1. The van der Waals surface area contributed by atoms with Crippen LogP contribution in [0.1, 0.15) is 33.1 Å². The molecule has 19 heavy (non-hydrogen) atoms. The minimum atomic E-state index is -1.04. The van der Waals surface area contributed by atoms with E-state index in [0.29, 0.717) is 25.8 Å². The van der Waals surface area contributed by atoms with Crippen LogP contribution < -0.4 is 16.8 Å². The highest BCUT2D eigenvalue weighted by Gasteiger charge is 2.18. The molecule has 0 aromatic rings. The molecule has 7 heteroatoms. The predicted octanol–water partition coefficient (Wildman–Crippen LogP) is -0.0343. The zero-order valence-corrected chi connectivity index (χ0v) is 11.3. The van der Waals surface area contributed by atoms with Crippen molar-refractivity contribution in [1.82, 2.24) is 5.32 Å². The second kappa shape index (κ2) is 8.96. The number of nitrogens with one attached hydrogen (secondary N) is 1. The average molecular weight is 270 g/mol. The van der Waals surface area contributed by atoms with E-state index in [1.54, 1.807) is 13.8 Å². The van der Waals surface area contributed by atoms with Crippen LogP contribution in [-0.4, -0.2) is 35.5 Å². The Balaban J connectivity index is 4.14. The highest BCUT2D eigenvalue weighted by Crippen LogP contribution is 2.02. The number of carboxylic acids is 1. The number of unbranched alkanes of at least 4 members (excludes halogenated alkanes) is 1. The van der Waals surface area contributed by atoms with Crippen LogP contribution in [0.15, 0.2) is 16.6 Å². The predicted molar refractivity (Wildman–Crippen MR) is 73.5 cm³/mol. The van der Waals surface area contributed by atoms with Gasteiger partial charge >= 0.3 is 5.97 Å². The van der Waals surface area contributed by atoms with Gasteiger partial charge in [0.1, 0.15) is 6.04 Å². The van der Waals surface area contributed by atoms with E-state index in [1.807, 2.05) is 0 Å². The number of hydrogen-bond acceptors (Lipinski definition) is 3. The fourth-order valence-corrected chi connectivity index (χ4v) is 1.40. The molecule has 1 atom stereocenters. The smallest absolute Gasteiger partial charge is 0.326 e. The number of nitrogens with two attached hydrogens (primary N) is 2. The molecule has 0 radical (unpaired) electrons. The summed E-state index contributed by atoms with van der Waals surface area (Å²) in [4.78, 5) is 26.2. The van der Waals surface area contributed by atoms with Gasteiger partial charge in [-0.25, -0.2) is 4.79 Å². The minimum Gasteiger partial charge on any atom is -0.480 e. The van der Waals surface area contributed by atoms with Crippen molar-refractivity contribution in [3.63, 3.8) is 0 Å². The number of guanidine groups is 1. The summed E-state index contributed by atoms with van der Waals surface area (Å²) < 4.78 is 0. The van der Waals surface area contributed by atoms with E-state index in [4.69, 9.17) is 16.6 Å². The summed E-state index contributed by atoms with van der Waals surface area (Å²) in [5.74, 6) is -1.42. The SMILES string of the molecule is CC(C)=CC(=O)NC(CCCCN=C(N)N)C(=O)O. The molecule has 0 rings (SSSR count). The van der Waals surface area contributed by atoms with Crippen molar-refractivity contribution in [2.24, 2.45) is 16.5 Å². The zero-order chi connectivity index (χ0) is 14.8. The lowest BCUT2D eigenvalue weighted by Crippen LogP contribution is -2.40. The maximum Gasteiger partial charge on any atom is 0.326 e. The number of carbonyl (C=O) groups excluding carboxylic acids is 1. The Hall–Kier alpha value is -2.05. The van der Waals surface area contributed by atoms with Crippen LogP contribution in [0.3, 0.4) is 0 Å². The molecule has 0 aromatic carbocycles. The summed E-state index contributed by atoms with van der Waals surface area (Å²) in [6.07, 6.45) is 3.00. The molecule has 0 heterocycles. The van der Waals surface area contributed by atoms with Crippen molar-refractivity contribution in [1.29, 1.82) is 0 Å². The second-order valence-corrected chi connectivity index (χ2v) is 4.42. The zero-order valence-electron chi connectivity index (χ0n) is 11.3. The lowest BCUT2D eigenvalue weighted by atomic mass is 10.1. The number of carboxylic acid groups (broad SMARTS) is 1. The van der Waals surface area contributed by atoms with Gasteiger partial charge in [-0.15, -0.1) is 0 Å². The normalized spacial score (nSPS) is 11.3. The molecule has 0 aliphatic rings. The summed E-state index contributed by atoms with van der Waals surface area (Å²) >= 11 is 0. The fourth-order valence-electron chi connectivity index (χ4n) is 1.40. The molecule has 0 aliphatic heterocycles. The number of aliphatic carboxylic acids is 1. The lowest BCUT2D eigenvalue weighted by Gasteiger charge is -2.12. The highest BCUT2D eigenvalue weighted by molar-refractivity contribution is 5.91. The Morgan fingerprint density at radius 3 is 2.42 bits per heavy atom. The van der Waals surface area contributed by atoms with Crippen LogP contribution in [0.25, 0.3) is 0 Å². The van der Waals surface area contributed by atoms with Gasteiger partial charge in [0, 0.05) is 12.6 Å².